The summed E-state index contributed by atoms with van der Waals surface area (Å²) in [4.78, 5) is 15.3. The van der Waals surface area contributed by atoms with E-state index in [2.05, 4.69) is 10.2 Å². The van der Waals surface area contributed by atoms with Crippen molar-refractivity contribution in [2.45, 2.75) is 31.3 Å². The molecule has 1 N–H and O–H groups in total. The topological polar surface area (TPSA) is 88.2 Å². The lowest BCUT2D eigenvalue weighted by Gasteiger charge is -2.28. The number of halogens is 1. The van der Waals surface area contributed by atoms with Crippen LogP contribution >= 0.6 is 11.6 Å². The average molecular weight is 494 g/mol. The minimum absolute atomic E-state index is 0.137. The second-order valence-corrected chi connectivity index (χ2v) is 10.3. The van der Waals surface area contributed by atoms with Crippen molar-refractivity contribution in [3.63, 3.8) is 0 Å². The predicted molar refractivity (Wildman–Crippen MR) is 128 cm³/mol. The zero-order chi connectivity index (χ0) is 23.6. The molecule has 8 nitrogen and oxygen atoms in total. The summed E-state index contributed by atoms with van der Waals surface area (Å²) < 4.78 is 38.9. The molecule has 0 aromatic heterocycles. The molecular formula is C23H28ClN3O5S. The van der Waals surface area contributed by atoms with Crippen LogP contribution in [0.5, 0.6) is 5.75 Å². The summed E-state index contributed by atoms with van der Waals surface area (Å²) in [5.74, 6) is 0.295. The molecule has 2 aliphatic heterocycles. The van der Waals surface area contributed by atoms with Gasteiger partial charge < -0.3 is 19.7 Å². The van der Waals surface area contributed by atoms with Crippen LogP contribution in [-0.4, -0.2) is 64.1 Å². The fourth-order valence-electron chi connectivity index (χ4n) is 4.13. The van der Waals surface area contributed by atoms with Crippen LogP contribution in [0.15, 0.2) is 41.3 Å². The van der Waals surface area contributed by atoms with Crippen LogP contribution in [0.3, 0.4) is 0 Å². The summed E-state index contributed by atoms with van der Waals surface area (Å²) in [6.45, 7) is 6.77. The van der Waals surface area contributed by atoms with Gasteiger partial charge in [0.1, 0.15) is 5.75 Å². The lowest BCUT2D eigenvalue weighted by molar-refractivity contribution is -0.122. The molecule has 33 heavy (non-hydrogen) atoms. The number of amides is 1. The van der Waals surface area contributed by atoms with Crippen LogP contribution in [0.25, 0.3) is 0 Å². The van der Waals surface area contributed by atoms with Crippen LogP contribution in [0.2, 0.25) is 5.02 Å². The van der Waals surface area contributed by atoms with Crippen LogP contribution in [-0.2, 0) is 26.0 Å². The molecule has 0 aliphatic carbocycles. The Morgan fingerprint density at radius 1 is 1.15 bits per heavy atom. The summed E-state index contributed by atoms with van der Waals surface area (Å²) >= 11 is 6.06. The molecule has 178 valence electrons. The fraction of sp³-hybridized carbons (Fsp3) is 0.435. The Hall–Kier alpha value is -2.33. The van der Waals surface area contributed by atoms with E-state index in [4.69, 9.17) is 21.1 Å². The fourth-order valence-corrected chi connectivity index (χ4v) is 5.76. The lowest BCUT2D eigenvalue weighted by Crippen LogP contribution is -2.40. The number of hydrogen-bond acceptors (Lipinski definition) is 6. The number of hydrogen-bond donors (Lipinski definition) is 1. The number of carbonyl (C=O) groups is 1. The van der Waals surface area contributed by atoms with Gasteiger partial charge in [-0.05, 0) is 55.8 Å². The number of nitrogens with one attached hydrogen (secondary N) is 1. The van der Waals surface area contributed by atoms with Crippen molar-refractivity contribution in [1.82, 2.24) is 4.31 Å². The highest BCUT2D eigenvalue weighted by atomic mass is 35.5. The zero-order valence-electron chi connectivity index (χ0n) is 18.7. The van der Waals surface area contributed by atoms with Gasteiger partial charge >= 0.3 is 0 Å². The number of anilines is 2. The van der Waals surface area contributed by atoms with E-state index in [0.717, 1.165) is 11.3 Å². The first-order chi connectivity index (χ1) is 15.8. The number of carbonyl (C=O) groups excluding carboxylic acids is 1. The van der Waals surface area contributed by atoms with E-state index in [0.29, 0.717) is 62.3 Å². The molecule has 2 aliphatic rings. The van der Waals surface area contributed by atoms with E-state index in [1.165, 1.54) is 10.4 Å². The van der Waals surface area contributed by atoms with E-state index < -0.39 is 16.1 Å². The lowest BCUT2D eigenvalue weighted by atomic mass is 10.1. The Morgan fingerprint density at radius 2 is 1.88 bits per heavy atom. The first kappa shape index (κ1) is 23.8. The maximum atomic E-state index is 13.2. The van der Waals surface area contributed by atoms with E-state index in [1.807, 2.05) is 13.8 Å². The van der Waals surface area contributed by atoms with Crippen molar-refractivity contribution in [1.29, 1.82) is 0 Å². The maximum Gasteiger partial charge on any atom is 0.265 e. The molecule has 1 amide bonds. The summed E-state index contributed by atoms with van der Waals surface area (Å²) in [5, 5.41) is 3.51. The molecule has 1 unspecified atom stereocenters. The number of nitrogens with zero attached hydrogens (tertiary/aromatic N) is 2. The van der Waals surface area contributed by atoms with Crippen molar-refractivity contribution in [2.24, 2.45) is 0 Å². The zero-order valence-corrected chi connectivity index (χ0v) is 20.3. The third kappa shape index (κ3) is 4.96. The van der Waals surface area contributed by atoms with E-state index in [9.17, 15) is 13.2 Å². The summed E-state index contributed by atoms with van der Waals surface area (Å²) in [5.41, 5.74) is 2.07. The van der Waals surface area contributed by atoms with Gasteiger partial charge in [-0.2, -0.15) is 4.31 Å². The number of rotatable bonds is 7. The second kappa shape index (κ2) is 9.89. The number of ether oxygens (including phenoxy) is 2. The first-order valence-corrected chi connectivity index (χ1v) is 12.9. The molecule has 0 bridgehead atoms. The number of benzene rings is 2. The van der Waals surface area contributed by atoms with Crippen molar-refractivity contribution >= 4 is 38.9 Å². The third-order valence-corrected chi connectivity index (χ3v) is 8.06. The van der Waals surface area contributed by atoms with Crippen molar-refractivity contribution in [3.05, 3.63) is 47.0 Å². The number of fused-ring (bicyclic) bond motifs is 1. The number of morpholine rings is 1. The monoisotopic (exact) mass is 493 g/mol. The van der Waals surface area contributed by atoms with Crippen molar-refractivity contribution in [2.75, 3.05) is 49.6 Å². The minimum atomic E-state index is -3.71. The van der Waals surface area contributed by atoms with Gasteiger partial charge in [0.15, 0.2) is 6.10 Å². The molecule has 0 radical (unpaired) electrons. The second-order valence-electron chi connectivity index (χ2n) is 7.92. The highest BCUT2D eigenvalue weighted by Gasteiger charge is 2.31. The minimum Gasteiger partial charge on any atom is -0.480 e. The molecule has 0 spiro atoms. The average Bonchev–Trinajstić information content (AvgIpc) is 3.24. The molecule has 1 fully saturated rings. The Labute approximate surface area is 199 Å². The Morgan fingerprint density at radius 3 is 2.58 bits per heavy atom. The largest absolute Gasteiger partial charge is 0.480 e. The smallest absolute Gasteiger partial charge is 0.265 e. The third-order valence-electron chi connectivity index (χ3n) is 5.93. The van der Waals surface area contributed by atoms with Gasteiger partial charge in [-0.3, -0.25) is 4.79 Å². The Kier molecular flexibility index (Phi) is 7.13. The Bertz CT molecular complexity index is 1130. The SMILES string of the molecule is CCN(CC)c1ccc(S(=O)(=O)N2CCOCC2)cc1NC(=O)C1Cc2cc(Cl)ccc2O1. The van der Waals surface area contributed by atoms with Crippen LogP contribution < -0.4 is 15.0 Å². The highest BCUT2D eigenvalue weighted by Crippen LogP contribution is 2.34. The van der Waals surface area contributed by atoms with Crippen molar-refractivity contribution in [3.8, 4) is 5.75 Å². The molecule has 1 saturated heterocycles. The normalized spacial score (nSPS) is 18.5. The van der Waals surface area contributed by atoms with Crippen LogP contribution in [0.4, 0.5) is 11.4 Å². The Balaban J connectivity index is 1.62. The molecule has 2 aromatic carbocycles. The number of sulfonamides is 1. The molecule has 10 heteroatoms. The van der Waals surface area contributed by atoms with Crippen LogP contribution in [0, 0.1) is 0 Å². The molecule has 0 saturated carbocycles. The molecule has 4 rings (SSSR count). The van der Waals surface area contributed by atoms with Gasteiger partial charge in [-0.1, -0.05) is 11.6 Å². The van der Waals surface area contributed by atoms with Gasteiger partial charge in [0.25, 0.3) is 5.91 Å². The summed E-state index contributed by atoms with van der Waals surface area (Å²) in [6, 6.07) is 10.1. The van der Waals surface area contributed by atoms with Gasteiger partial charge in [0, 0.05) is 37.6 Å². The van der Waals surface area contributed by atoms with E-state index in [-0.39, 0.29) is 10.8 Å². The van der Waals surface area contributed by atoms with Gasteiger partial charge in [0.05, 0.1) is 29.5 Å². The van der Waals surface area contributed by atoms with E-state index in [1.54, 1.807) is 30.3 Å². The predicted octanol–water partition coefficient (Wildman–Crippen LogP) is 3.15. The van der Waals surface area contributed by atoms with E-state index >= 15 is 0 Å². The van der Waals surface area contributed by atoms with Crippen molar-refractivity contribution < 1.29 is 22.7 Å². The molecular weight excluding hydrogens is 466 g/mol. The quantitative estimate of drug-likeness (QED) is 0.637. The molecule has 2 heterocycles. The van der Waals surface area contributed by atoms with Crippen LogP contribution in [0.1, 0.15) is 19.4 Å². The van der Waals surface area contributed by atoms with Gasteiger partial charge in [-0.25, -0.2) is 8.42 Å². The highest BCUT2D eigenvalue weighted by molar-refractivity contribution is 7.89. The summed E-state index contributed by atoms with van der Waals surface area (Å²) in [6.07, 6.45) is -0.323. The molecule has 2 aromatic rings. The summed E-state index contributed by atoms with van der Waals surface area (Å²) in [7, 11) is -3.71. The first-order valence-electron chi connectivity index (χ1n) is 11.1. The van der Waals surface area contributed by atoms with Gasteiger partial charge in [0.2, 0.25) is 10.0 Å². The van der Waals surface area contributed by atoms with Gasteiger partial charge in [-0.15, -0.1) is 0 Å². The standard InChI is InChI=1S/C23H28ClN3O5S/c1-3-26(4-2)20-7-6-18(33(29,30)27-9-11-31-12-10-27)15-19(20)25-23(28)22-14-16-13-17(24)5-8-21(16)32-22/h5-8,13,15,22H,3-4,9-12,14H2,1-2H3,(H,25,28). The maximum absolute atomic E-state index is 13.2. The molecule has 1 atom stereocenters.